The molecule has 1 aliphatic heterocycles. The number of rotatable bonds is 4. The van der Waals surface area contributed by atoms with Crippen molar-refractivity contribution >= 4 is 39.3 Å². The van der Waals surface area contributed by atoms with E-state index in [1.165, 1.54) is 0 Å². The van der Waals surface area contributed by atoms with Gasteiger partial charge in [0.15, 0.2) is 11.5 Å². The van der Waals surface area contributed by atoms with Crippen molar-refractivity contribution in [2.45, 2.75) is 6.54 Å². The largest absolute Gasteiger partial charge is 0.486 e. The highest BCUT2D eigenvalue weighted by Gasteiger charge is 2.20. The van der Waals surface area contributed by atoms with Gasteiger partial charge in [-0.05, 0) is 29.8 Å². The Balaban J connectivity index is 1.53. The Morgan fingerprint density at radius 1 is 1.19 bits per heavy atom. The van der Waals surface area contributed by atoms with E-state index >= 15 is 0 Å². The van der Waals surface area contributed by atoms with Crippen molar-refractivity contribution in [2.75, 3.05) is 18.5 Å². The zero-order valence-electron chi connectivity index (χ0n) is 14.1. The molecule has 138 valence electrons. The van der Waals surface area contributed by atoms with Crippen LogP contribution in [0.25, 0.3) is 0 Å². The van der Waals surface area contributed by atoms with Gasteiger partial charge in [0.25, 0.3) is 5.91 Å². The van der Waals surface area contributed by atoms with Crippen molar-refractivity contribution in [1.82, 2.24) is 9.78 Å². The number of amides is 1. The molecule has 1 aromatic heterocycles. The number of hydrogen-bond donors (Lipinski definition) is 1. The van der Waals surface area contributed by atoms with Crippen LogP contribution in [0.2, 0.25) is 5.02 Å². The van der Waals surface area contributed by atoms with E-state index < -0.39 is 0 Å². The Morgan fingerprint density at radius 3 is 2.78 bits per heavy atom. The van der Waals surface area contributed by atoms with Crippen LogP contribution in [0.1, 0.15) is 15.9 Å². The second kappa shape index (κ2) is 7.62. The lowest BCUT2D eigenvalue weighted by atomic mass is 10.1. The molecule has 0 unspecified atom stereocenters. The summed E-state index contributed by atoms with van der Waals surface area (Å²) < 4.78 is 13.7. The number of ether oxygens (including phenoxy) is 2. The zero-order chi connectivity index (χ0) is 18.8. The van der Waals surface area contributed by atoms with Gasteiger partial charge in [0, 0.05) is 16.1 Å². The van der Waals surface area contributed by atoms with Crippen molar-refractivity contribution < 1.29 is 14.3 Å². The lowest BCUT2D eigenvalue weighted by molar-refractivity contribution is 0.102. The van der Waals surface area contributed by atoms with E-state index in [9.17, 15) is 4.79 Å². The molecule has 0 spiro atoms. The number of benzene rings is 2. The molecule has 3 aromatic rings. The molecule has 0 saturated heterocycles. The molecule has 2 heterocycles. The minimum absolute atomic E-state index is 0.300. The third kappa shape index (κ3) is 3.94. The first kappa shape index (κ1) is 17.9. The van der Waals surface area contributed by atoms with Gasteiger partial charge in [0.05, 0.1) is 17.8 Å². The summed E-state index contributed by atoms with van der Waals surface area (Å²) in [6.07, 6.45) is 1.64. The summed E-state index contributed by atoms with van der Waals surface area (Å²) in [6.45, 7) is 1.40. The third-order valence-electron chi connectivity index (χ3n) is 4.06. The van der Waals surface area contributed by atoms with Crippen LogP contribution in [0.15, 0.2) is 53.1 Å². The summed E-state index contributed by atoms with van der Waals surface area (Å²) >= 11 is 9.64. The fourth-order valence-corrected chi connectivity index (χ4v) is 3.29. The molecular weight excluding hydrogens is 434 g/mol. The zero-order valence-corrected chi connectivity index (χ0v) is 16.5. The van der Waals surface area contributed by atoms with Crippen molar-refractivity contribution in [2.24, 2.45) is 0 Å². The van der Waals surface area contributed by atoms with E-state index in [-0.39, 0.29) is 5.91 Å². The average Bonchev–Trinajstić information content (AvgIpc) is 3.10. The summed E-state index contributed by atoms with van der Waals surface area (Å²) in [7, 11) is 0. The van der Waals surface area contributed by atoms with E-state index in [0.29, 0.717) is 47.7 Å². The molecular formula is C19H15BrClN3O3. The van der Waals surface area contributed by atoms with Gasteiger partial charge in [0.1, 0.15) is 19.0 Å². The van der Waals surface area contributed by atoms with Crippen molar-refractivity contribution in [1.29, 1.82) is 0 Å². The average molecular weight is 449 g/mol. The van der Waals surface area contributed by atoms with Gasteiger partial charge in [-0.3, -0.25) is 4.79 Å². The Morgan fingerprint density at radius 2 is 1.96 bits per heavy atom. The summed E-state index contributed by atoms with van der Waals surface area (Å²) in [4.78, 5) is 12.7. The van der Waals surface area contributed by atoms with Crippen LogP contribution in [-0.2, 0) is 6.54 Å². The quantitative estimate of drug-likeness (QED) is 0.644. The summed E-state index contributed by atoms with van der Waals surface area (Å²) in [5.74, 6) is 1.24. The fraction of sp³-hybridized carbons (Fsp3) is 0.158. The van der Waals surface area contributed by atoms with Crippen molar-refractivity contribution in [3.8, 4) is 11.5 Å². The predicted octanol–water partition coefficient (Wildman–Crippen LogP) is 4.37. The first-order chi connectivity index (χ1) is 13.1. The normalized spacial score (nSPS) is 12.7. The van der Waals surface area contributed by atoms with E-state index in [1.807, 2.05) is 24.3 Å². The Bertz CT molecular complexity index is 988. The SMILES string of the molecule is O=C(Nc1ccnn1Cc1ccc(Br)cc1)c1cc(Cl)c2c(c1)OCCO2. The summed E-state index contributed by atoms with van der Waals surface area (Å²) in [5.41, 5.74) is 1.46. The van der Waals surface area contributed by atoms with Gasteiger partial charge < -0.3 is 14.8 Å². The van der Waals surface area contributed by atoms with Crippen LogP contribution >= 0.6 is 27.5 Å². The monoisotopic (exact) mass is 447 g/mol. The maximum atomic E-state index is 12.7. The van der Waals surface area contributed by atoms with Gasteiger partial charge in [0.2, 0.25) is 0 Å². The molecule has 0 saturated carbocycles. The number of carbonyl (C=O) groups excluding carboxylic acids is 1. The second-order valence-electron chi connectivity index (χ2n) is 5.94. The maximum absolute atomic E-state index is 12.7. The number of nitrogens with zero attached hydrogens (tertiary/aromatic N) is 2. The van der Waals surface area contributed by atoms with Crippen molar-refractivity contribution in [3.05, 3.63) is 69.3 Å². The Labute approximate surface area is 169 Å². The summed E-state index contributed by atoms with van der Waals surface area (Å²) in [5, 5.41) is 7.51. The smallest absolute Gasteiger partial charge is 0.257 e. The predicted molar refractivity (Wildman–Crippen MR) is 106 cm³/mol. The van der Waals surface area contributed by atoms with Gasteiger partial charge in [-0.25, -0.2) is 4.68 Å². The molecule has 0 bridgehead atoms. The van der Waals surface area contributed by atoms with Crippen molar-refractivity contribution in [3.63, 3.8) is 0 Å². The lowest BCUT2D eigenvalue weighted by Gasteiger charge is -2.20. The molecule has 0 radical (unpaired) electrons. The number of aromatic nitrogens is 2. The van der Waals surface area contributed by atoms with Gasteiger partial charge in [-0.15, -0.1) is 0 Å². The fourth-order valence-electron chi connectivity index (χ4n) is 2.76. The second-order valence-corrected chi connectivity index (χ2v) is 7.26. The first-order valence-electron chi connectivity index (χ1n) is 8.27. The number of nitrogens with one attached hydrogen (secondary N) is 1. The Kier molecular flexibility index (Phi) is 5.05. The van der Waals surface area contributed by atoms with E-state index in [1.54, 1.807) is 29.1 Å². The summed E-state index contributed by atoms with van der Waals surface area (Å²) in [6, 6.07) is 12.9. The van der Waals surface area contributed by atoms with E-state index in [4.69, 9.17) is 21.1 Å². The third-order valence-corrected chi connectivity index (χ3v) is 4.87. The molecule has 2 aromatic carbocycles. The molecule has 1 amide bonds. The Hall–Kier alpha value is -2.51. The van der Waals surface area contributed by atoms with Gasteiger partial charge >= 0.3 is 0 Å². The highest BCUT2D eigenvalue weighted by atomic mass is 79.9. The highest BCUT2D eigenvalue weighted by molar-refractivity contribution is 9.10. The van der Waals surface area contributed by atoms with Crippen LogP contribution < -0.4 is 14.8 Å². The molecule has 6 nitrogen and oxygen atoms in total. The standard InChI is InChI=1S/C19H15BrClN3O3/c20-14-3-1-12(2-4-14)11-24-17(5-6-22-24)23-19(25)13-9-15(21)18-16(10-13)26-7-8-27-18/h1-6,9-10H,7-8,11H2,(H,23,25). The first-order valence-corrected chi connectivity index (χ1v) is 9.44. The minimum atomic E-state index is -0.300. The van der Waals surface area contributed by atoms with E-state index in [0.717, 1.165) is 10.0 Å². The number of carbonyl (C=O) groups is 1. The lowest BCUT2D eigenvalue weighted by Crippen LogP contribution is -2.19. The molecule has 4 rings (SSSR count). The molecule has 0 atom stereocenters. The number of anilines is 1. The van der Waals surface area contributed by atoms with Gasteiger partial charge in [-0.2, -0.15) is 5.10 Å². The van der Waals surface area contributed by atoms with Gasteiger partial charge in [-0.1, -0.05) is 39.7 Å². The molecule has 0 fully saturated rings. The van der Waals surface area contributed by atoms with Crippen LogP contribution in [-0.4, -0.2) is 28.9 Å². The molecule has 1 N–H and O–H groups in total. The number of hydrogen-bond acceptors (Lipinski definition) is 4. The minimum Gasteiger partial charge on any atom is -0.486 e. The van der Waals surface area contributed by atoms with Crippen LogP contribution in [0, 0.1) is 0 Å². The van der Waals surface area contributed by atoms with Crippen LogP contribution in [0.5, 0.6) is 11.5 Å². The maximum Gasteiger partial charge on any atom is 0.257 e. The molecule has 0 aliphatic carbocycles. The van der Waals surface area contributed by atoms with Crippen LogP contribution in [0.4, 0.5) is 5.82 Å². The molecule has 1 aliphatic rings. The van der Waals surface area contributed by atoms with Crippen LogP contribution in [0.3, 0.4) is 0 Å². The van der Waals surface area contributed by atoms with E-state index in [2.05, 4.69) is 26.3 Å². The highest BCUT2D eigenvalue weighted by Crippen LogP contribution is 2.38. The molecule has 27 heavy (non-hydrogen) atoms. The number of halogens is 2. The molecule has 8 heteroatoms. The topological polar surface area (TPSA) is 65.4 Å². The number of fused-ring (bicyclic) bond motifs is 1.